The number of hydrogen-bond donors (Lipinski definition) is 2. The fourth-order valence-electron chi connectivity index (χ4n) is 3.87. The van der Waals surface area contributed by atoms with Crippen LogP contribution in [-0.4, -0.2) is 24.7 Å². The number of methoxy groups -OCH3 is 1. The van der Waals surface area contributed by atoms with Gasteiger partial charge in [-0.05, 0) is 36.6 Å². The third-order valence-corrected chi connectivity index (χ3v) is 5.26. The minimum atomic E-state index is -0.969. The fourth-order valence-corrected chi connectivity index (χ4v) is 3.87. The maximum Gasteiger partial charge on any atom is 0.230 e. The number of amides is 1. The molecular formula is C21H23F2NO3. The van der Waals surface area contributed by atoms with E-state index < -0.39 is 23.2 Å². The number of aliphatic hydroxyl groups is 1. The van der Waals surface area contributed by atoms with Crippen LogP contribution in [0, 0.1) is 11.6 Å². The maximum absolute atomic E-state index is 13.7. The lowest BCUT2D eigenvalue weighted by Crippen LogP contribution is -2.44. The molecule has 0 aliphatic heterocycles. The summed E-state index contributed by atoms with van der Waals surface area (Å²) in [6.07, 6.45) is 1.70. The van der Waals surface area contributed by atoms with Gasteiger partial charge in [0, 0.05) is 18.2 Å². The third kappa shape index (κ3) is 3.95. The van der Waals surface area contributed by atoms with Gasteiger partial charge >= 0.3 is 0 Å². The van der Waals surface area contributed by atoms with E-state index in [4.69, 9.17) is 4.74 Å². The van der Waals surface area contributed by atoms with Crippen molar-refractivity contribution in [2.24, 2.45) is 0 Å². The van der Waals surface area contributed by atoms with Gasteiger partial charge in [-0.3, -0.25) is 4.79 Å². The van der Waals surface area contributed by atoms with Crippen LogP contribution in [0.4, 0.5) is 8.78 Å². The minimum absolute atomic E-state index is 0.0151. The highest BCUT2D eigenvalue weighted by atomic mass is 19.1. The summed E-state index contributed by atoms with van der Waals surface area (Å²) in [6, 6.07) is 10.3. The molecule has 0 spiro atoms. The molecule has 6 heteroatoms. The number of halogens is 2. The number of para-hydroxylation sites is 1. The van der Waals surface area contributed by atoms with Crippen molar-refractivity contribution in [3.8, 4) is 5.75 Å². The van der Waals surface area contributed by atoms with Gasteiger partial charge in [-0.1, -0.05) is 31.0 Å². The summed E-state index contributed by atoms with van der Waals surface area (Å²) in [6.45, 7) is -0.0151. The molecule has 0 bridgehead atoms. The Morgan fingerprint density at radius 2 is 1.81 bits per heavy atom. The number of aliphatic hydroxyl groups excluding tert-OH is 1. The Hall–Kier alpha value is -2.47. The van der Waals surface area contributed by atoms with Gasteiger partial charge < -0.3 is 15.2 Å². The van der Waals surface area contributed by atoms with Crippen LogP contribution in [0.25, 0.3) is 0 Å². The van der Waals surface area contributed by atoms with Gasteiger partial charge in [0.15, 0.2) is 0 Å². The predicted octanol–water partition coefficient (Wildman–Crippen LogP) is 3.64. The molecule has 144 valence electrons. The molecule has 1 aliphatic rings. The summed E-state index contributed by atoms with van der Waals surface area (Å²) in [5, 5.41) is 13.2. The van der Waals surface area contributed by atoms with Crippen molar-refractivity contribution in [3.05, 3.63) is 65.2 Å². The first-order valence-electron chi connectivity index (χ1n) is 9.02. The van der Waals surface area contributed by atoms with E-state index in [0.717, 1.165) is 18.9 Å². The number of rotatable bonds is 6. The molecule has 4 nitrogen and oxygen atoms in total. The Balaban J connectivity index is 1.78. The highest BCUT2D eigenvalue weighted by molar-refractivity contribution is 5.88. The standard InChI is InChI=1S/C21H23F2NO3/c1-27-19-7-3-2-6-17(19)18(25)13-24-20(26)21(8-4-5-9-21)14-10-15(22)12-16(23)11-14/h2-3,6-7,10-12,18,25H,4-5,8-9,13H2,1H3,(H,24,26)/t18-/m1/s1. The van der Waals surface area contributed by atoms with Gasteiger partial charge in [0.05, 0.1) is 18.6 Å². The number of benzene rings is 2. The Kier molecular flexibility index (Phi) is 5.75. The molecular weight excluding hydrogens is 352 g/mol. The van der Waals surface area contributed by atoms with Crippen LogP contribution in [0.3, 0.4) is 0 Å². The van der Waals surface area contributed by atoms with Crippen LogP contribution >= 0.6 is 0 Å². The van der Waals surface area contributed by atoms with Gasteiger partial charge in [0.1, 0.15) is 17.4 Å². The number of hydrogen-bond acceptors (Lipinski definition) is 3. The molecule has 3 rings (SSSR count). The number of nitrogens with one attached hydrogen (secondary N) is 1. The van der Waals surface area contributed by atoms with E-state index in [0.29, 0.717) is 29.7 Å². The number of ether oxygens (including phenoxy) is 1. The molecule has 1 aliphatic carbocycles. The van der Waals surface area contributed by atoms with Crippen LogP contribution < -0.4 is 10.1 Å². The summed E-state index contributed by atoms with van der Waals surface area (Å²) in [5.74, 6) is -1.18. The van der Waals surface area contributed by atoms with E-state index in [1.807, 2.05) is 0 Å². The van der Waals surface area contributed by atoms with E-state index in [9.17, 15) is 18.7 Å². The van der Waals surface area contributed by atoms with Crippen LogP contribution in [-0.2, 0) is 10.2 Å². The highest BCUT2D eigenvalue weighted by Crippen LogP contribution is 2.42. The summed E-state index contributed by atoms with van der Waals surface area (Å²) in [4.78, 5) is 13.0. The molecule has 1 amide bonds. The van der Waals surface area contributed by atoms with E-state index in [1.165, 1.54) is 19.2 Å². The highest BCUT2D eigenvalue weighted by Gasteiger charge is 2.43. The molecule has 0 saturated heterocycles. The second-order valence-corrected chi connectivity index (χ2v) is 6.92. The Morgan fingerprint density at radius 3 is 2.44 bits per heavy atom. The van der Waals surface area contributed by atoms with Gasteiger partial charge in [-0.15, -0.1) is 0 Å². The van der Waals surface area contributed by atoms with Crippen LogP contribution in [0.2, 0.25) is 0 Å². The maximum atomic E-state index is 13.7. The minimum Gasteiger partial charge on any atom is -0.496 e. The molecule has 1 atom stereocenters. The molecule has 1 saturated carbocycles. The van der Waals surface area contributed by atoms with E-state index >= 15 is 0 Å². The normalized spacial score (nSPS) is 16.7. The topological polar surface area (TPSA) is 58.6 Å². The van der Waals surface area contributed by atoms with E-state index in [-0.39, 0.29) is 12.5 Å². The Labute approximate surface area is 157 Å². The molecule has 0 radical (unpaired) electrons. The van der Waals surface area contributed by atoms with Crippen molar-refractivity contribution >= 4 is 5.91 Å². The van der Waals surface area contributed by atoms with Crippen molar-refractivity contribution in [2.75, 3.05) is 13.7 Å². The molecule has 0 heterocycles. The number of carbonyl (C=O) groups excluding carboxylic acids is 1. The molecule has 2 N–H and O–H groups in total. The van der Waals surface area contributed by atoms with Crippen LogP contribution in [0.1, 0.15) is 42.9 Å². The zero-order valence-corrected chi connectivity index (χ0v) is 15.2. The van der Waals surface area contributed by atoms with Crippen molar-refractivity contribution in [3.63, 3.8) is 0 Å². The summed E-state index contributed by atoms with van der Waals surface area (Å²) < 4.78 is 32.6. The smallest absolute Gasteiger partial charge is 0.230 e. The predicted molar refractivity (Wildman–Crippen MR) is 97.5 cm³/mol. The molecule has 2 aromatic rings. The van der Waals surface area contributed by atoms with Crippen molar-refractivity contribution in [2.45, 2.75) is 37.2 Å². The van der Waals surface area contributed by atoms with Crippen LogP contribution in [0.15, 0.2) is 42.5 Å². The number of carbonyl (C=O) groups is 1. The largest absolute Gasteiger partial charge is 0.496 e. The fraction of sp³-hybridized carbons (Fsp3) is 0.381. The lowest BCUT2D eigenvalue weighted by Gasteiger charge is -2.29. The van der Waals surface area contributed by atoms with Gasteiger partial charge in [-0.25, -0.2) is 8.78 Å². The average molecular weight is 375 g/mol. The molecule has 27 heavy (non-hydrogen) atoms. The second-order valence-electron chi connectivity index (χ2n) is 6.92. The van der Waals surface area contributed by atoms with Gasteiger partial charge in [0.2, 0.25) is 5.91 Å². The lowest BCUT2D eigenvalue weighted by molar-refractivity contribution is -0.127. The summed E-state index contributed by atoms with van der Waals surface area (Å²) in [7, 11) is 1.51. The van der Waals surface area contributed by atoms with Crippen molar-refractivity contribution < 1.29 is 23.4 Å². The molecule has 0 aromatic heterocycles. The monoisotopic (exact) mass is 375 g/mol. The first-order valence-corrected chi connectivity index (χ1v) is 9.02. The molecule has 0 unspecified atom stereocenters. The zero-order valence-electron chi connectivity index (χ0n) is 15.2. The quantitative estimate of drug-likeness (QED) is 0.811. The Morgan fingerprint density at radius 1 is 1.19 bits per heavy atom. The van der Waals surface area contributed by atoms with Crippen molar-refractivity contribution in [1.82, 2.24) is 5.32 Å². The van der Waals surface area contributed by atoms with Crippen LogP contribution in [0.5, 0.6) is 5.75 Å². The summed E-state index contributed by atoms with van der Waals surface area (Å²) >= 11 is 0. The zero-order chi connectivity index (χ0) is 19.4. The SMILES string of the molecule is COc1ccccc1[C@H](O)CNC(=O)C1(c2cc(F)cc(F)c2)CCCC1. The van der Waals surface area contributed by atoms with Gasteiger partial charge in [0.25, 0.3) is 0 Å². The second kappa shape index (κ2) is 8.05. The average Bonchev–Trinajstić information content (AvgIpc) is 3.16. The summed E-state index contributed by atoms with van der Waals surface area (Å²) in [5.41, 5.74) is -0.0527. The van der Waals surface area contributed by atoms with E-state index in [2.05, 4.69) is 5.32 Å². The molecule has 2 aromatic carbocycles. The van der Waals surface area contributed by atoms with Crippen molar-refractivity contribution in [1.29, 1.82) is 0 Å². The first kappa shape index (κ1) is 19.3. The van der Waals surface area contributed by atoms with E-state index in [1.54, 1.807) is 24.3 Å². The third-order valence-electron chi connectivity index (χ3n) is 5.26. The first-order chi connectivity index (χ1) is 13.0. The Bertz CT molecular complexity index is 799. The lowest BCUT2D eigenvalue weighted by atomic mass is 9.77. The molecule has 1 fully saturated rings. The van der Waals surface area contributed by atoms with Gasteiger partial charge in [-0.2, -0.15) is 0 Å².